The van der Waals surface area contributed by atoms with Gasteiger partial charge >= 0.3 is 11.9 Å². The maximum atomic E-state index is 12.7. The monoisotopic (exact) mass is 374 g/mol. The van der Waals surface area contributed by atoms with Gasteiger partial charge in [-0.2, -0.15) is 5.26 Å². The number of allylic oxidation sites excluding steroid dienone is 2. The molecule has 1 heterocycles. The molecule has 0 bridgehead atoms. The normalized spacial score (nSPS) is 17.0. The van der Waals surface area contributed by atoms with Gasteiger partial charge in [-0.15, -0.1) is 0 Å². The van der Waals surface area contributed by atoms with Crippen LogP contribution in [0.5, 0.6) is 0 Å². The van der Waals surface area contributed by atoms with E-state index in [4.69, 9.17) is 16.3 Å². The van der Waals surface area contributed by atoms with Crippen LogP contribution in [0.4, 0.5) is 0 Å². The van der Waals surface area contributed by atoms with Crippen molar-refractivity contribution in [2.24, 2.45) is 0 Å². The van der Waals surface area contributed by atoms with Gasteiger partial charge in [0.15, 0.2) is 0 Å². The fourth-order valence-electron chi connectivity index (χ4n) is 3.00. The van der Waals surface area contributed by atoms with E-state index >= 15 is 0 Å². The summed E-state index contributed by atoms with van der Waals surface area (Å²) in [5, 5.41) is 22.0. The number of benzene rings is 1. The van der Waals surface area contributed by atoms with Gasteiger partial charge < -0.3 is 15.2 Å². The minimum absolute atomic E-state index is 0.0108. The van der Waals surface area contributed by atoms with E-state index in [0.29, 0.717) is 17.0 Å². The number of carbonyl (C=O) groups is 2. The Morgan fingerprint density at radius 3 is 2.42 bits per heavy atom. The molecule has 2 N–H and O–H groups in total. The number of esters is 1. The lowest BCUT2D eigenvalue weighted by Gasteiger charge is -2.30. The smallest absolute Gasteiger partial charge is 0.337 e. The molecule has 7 heteroatoms. The van der Waals surface area contributed by atoms with Crippen molar-refractivity contribution in [3.63, 3.8) is 0 Å². The van der Waals surface area contributed by atoms with Crippen LogP contribution >= 0.6 is 11.6 Å². The lowest BCUT2D eigenvalue weighted by molar-refractivity contribution is -0.143. The van der Waals surface area contributed by atoms with Gasteiger partial charge in [-0.25, -0.2) is 9.59 Å². The number of halogens is 1. The molecule has 1 aromatic rings. The summed E-state index contributed by atoms with van der Waals surface area (Å²) in [6.45, 7) is 6.71. The molecule has 0 saturated carbocycles. The maximum Gasteiger partial charge on any atom is 0.337 e. The number of aliphatic carboxylic acids is 1. The van der Waals surface area contributed by atoms with Crippen molar-refractivity contribution in [3.05, 3.63) is 56.9 Å². The molecule has 2 rings (SSSR count). The first-order valence-electron chi connectivity index (χ1n) is 8.00. The summed E-state index contributed by atoms with van der Waals surface area (Å²) in [4.78, 5) is 24.6. The standard InChI is InChI=1S/C19H19ClN2O4/c1-9(2)26-19(25)15-11(4)22-10(3)14(18(23)24)16(15)13-7-5-6-12(8-21)17(13)20/h5-7,9,16,22H,1-4H3,(H,23,24). The van der Waals surface area contributed by atoms with E-state index in [1.807, 2.05) is 6.07 Å². The molecule has 0 saturated heterocycles. The summed E-state index contributed by atoms with van der Waals surface area (Å²) in [6.07, 6.45) is -0.371. The van der Waals surface area contributed by atoms with Crippen molar-refractivity contribution in [2.75, 3.05) is 0 Å². The van der Waals surface area contributed by atoms with E-state index in [-0.39, 0.29) is 27.8 Å². The molecule has 0 aliphatic carbocycles. The third-order valence-electron chi connectivity index (χ3n) is 4.01. The highest BCUT2D eigenvalue weighted by Gasteiger charge is 2.38. The van der Waals surface area contributed by atoms with Crippen LogP contribution in [0.15, 0.2) is 40.7 Å². The molecule has 0 amide bonds. The Balaban J connectivity index is 2.75. The van der Waals surface area contributed by atoms with Gasteiger partial charge in [-0.1, -0.05) is 23.7 Å². The summed E-state index contributed by atoms with van der Waals surface area (Å²) in [6, 6.07) is 6.73. The second kappa shape index (κ2) is 7.63. The van der Waals surface area contributed by atoms with Crippen LogP contribution in [-0.2, 0) is 14.3 Å². The number of carbonyl (C=O) groups excluding carboxylic acids is 1. The molecule has 0 fully saturated rings. The van der Waals surface area contributed by atoms with Gasteiger partial charge in [0.05, 0.1) is 33.8 Å². The fourth-order valence-corrected chi connectivity index (χ4v) is 3.27. The topological polar surface area (TPSA) is 99.4 Å². The zero-order valence-corrected chi connectivity index (χ0v) is 15.6. The van der Waals surface area contributed by atoms with Gasteiger partial charge in [-0.05, 0) is 39.3 Å². The second-order valence-electron chi connectivity index (χ2n) is 6.22. The number of ether oxygens (including phenoxy) is 1. The summed E-state index contributed by atoms with van der Waals surface area (Å²) in [5.41, 5.74) is 1.63. The Hall–Kier alpha value is -2.78. The highest BCUT2D eigenvalue weighted by Crippen LogP contribution is 2.42. The van der Waals surface area contributed by atoms with Gasteiger partial charge in [0.25, 0.3) is 0 Å². The van der Waals surface area contributed by atoms with E-state index in [2.05, 4.69) is 5.32 Å². The molecule has 0 spiro atoms. The third kappa shape index (κ3) is 3.58. The molecule has 1 aliphatic heterocycles. The van der Waals surface area contributed by atoms with Crippen LogP contribution in [0.3, 0.4) is 0 Å². The first kappa shape index (κ1) is 19.5. The highest BCUT2D eigenvalue weighted by molar-refractivity contribution is 6.32. The first-order valence-corrected chi connectivity index (χ1v) is 8.38. The Morgan fingerprint density at radius 2 is 1.88 bits per heavy atom. The van der Waals surface area contributed by atoms with E-state index < -0.39 is 17.9 Å². The maximum absolute atomic E-state index is 12.7. The molecule has 1 atom stereocenters. The molecule has 0 aromatic heterocycles. The lowest BCUT2D eigenvalue weighted by Crippen LogP contribution is -2.32. The number of carboxylic acids is 1. The average Bonchev–Trinajstić information content (AvgIpc) is 2.53. The fraction of sp³-hybridized carbons (Fsp3) is 0.316. The molecule has 0 radical (unpaired) electrons. The molecular formula is C19H19ClN2O4. The van der Waals surface area contributed by atoms with Crippen LogP contribution in [0.1, 0.15) is 44.7 Å². The zero-order valence-electron chi connectivity index (χ0n) is 14.9. The van der Waals surface area contributed by atoms with Crippen molar-refractivity contribution in [2.45, 2.75) is 39.7 Å². The number of dihydropyridines is 1. The Morgan fingerprint density at radius 1 is 1.27 bits per heavy atom. The predicted molar refractivity (Wildman–Crippen MR) is 96.3 cm³/mol. The summed E-state index contributed by atoms with van der Waals surface area (Å²) >= 11 is 6.35. The highest BCUT2D eigenvalue weighted by atomic mass is 35.5. The van der Waals surface area contributed by atoms with Gasteiger partial charge in [0.1, 0.15) is 6.07 Å². The van der Waals surface area contributed by atoms with Crippen molar-refractivity contribution in [1.82, 2.24) is 5.32 Å². The average molecular weight is 375 g/mol. The van der Waals surface area contributed by atoms with Crippen LogP contribution in [0.25, 0.3) is 0 Å². The molecule has 136 valence electrons. The molecule has 6 nitrogen and oxygen atoms in total. The molecular weight excluding hydrogens is 356 g/mol. The van der Waals surface area contributed by atoms with Crippen molar-refractivity contribution >= 4 is 23.5 Å². The number of rotatable bonds is 4. The number of nitriles is 1. The third-order valence-corrected chi connectivity index (χ3v) is 4.44. The van der Waals surface area contributed by atoms with Crippen molar-refractivity contribution < 1.29 is 19.4 Å². The number of carboxylic acid groups (broad SMARTS) is 1. The zero-order chi connectivity index (χ0) is 19.6. The number of nitrogens with one attached hydrogen (secondary N) is 1. The summed E-state index contributed by atoms with van der Waals surface area (Å²) < 4.78 is 5.31. The lowest BCUT2D eigenvalue weighted by atomic mass is 9.80. The number of hydrogen-bond donors (Lipinski definition) is 2. The quantitative estimate of drug-likeness (QED) is 0.782. The minimum atomic E-state index is -1.18. The Bertz CT molecular complexity index is 878. The SMILES string of the molecule is CC1=C(C(=O)O)C(c2cccc(C#N)c2Cl)C(C(=O)OC(C)C)=C(C)N1. The van der Waals surface area contributed by atoms with Crippen LogP contribution in [0, 0.1) is 11.3 Å². The van der Waals surface area contributed by atoms with E-state index in [0.717, 1.165) is 0 Å². The van der Waals surface area contributed by atoms with Gasteiger partial charge in [-0.3, -0.25) is 0 Å². The van der Waals surface area contributed by atoms with E-state index in [1.54, 1.807) is 39.8 Å². The van der Waals surface area contributed by atoms with Crippen LogP contribution in [0.2, 0.25) is 5.02 Å². The Kier molecular flexibility index (Phi) is 5.73. The molecule has 1 unspecified atom stereocenters. The van der Waals surface area contributed by atoms with Crippen molar-refractivity contribution in [1.29, 1.82) is 5.26 Å². The first-order chi connectivity index (χ1) is 12.2. The molecule has 1 aromatic carbocycles. The number of hydrogen-bond acceptors (Lipinski definition) is 5. The molecule has 26 heavy (non-hydrogen) atoms. The summed E-state index contributed by atoms with van der Waals surface area (Å²) in [7, 11) is 0. The van der Waals surface area contributed by atoms with E-state index in [1.165, 1.54) is 6.07 Å². The Labute approximate surface area is 156 Å². The largest absolute Gasteiger partial charge is 0.478 e. The molecule has 1 aliphatic rings. The second-order valence-corrected chi connectivity index (χ2v) is 6.59. The van der Waals surface area contributed by atoms with Gasteiger partial charge in [0, 0.05) is 11.4 Å². The van der Waals surface area contributed by atoms with Gasteiger partial charge in [0.2, 0.25) is 0 Å². The number of nitrogens with zero attached hydrogens (tertiary/aromatic N) is 1. The van der Waals surface area contributed by atoms with E-state index in [9.17, 15) is 20.0 Å². The van der Waals surface area contributed by atoms with Crippen LogP contribution < -0.4 is 5.32 Å². The van der Waals surface area contributed by atoms with Crippen molar-refractivity contribution in [3.8, 4) is 6.07 Å². The van der Waals surface area contributed by atoms with Crippen LogP contribution in [-0.4, -0.2) is 23.1 Å². The predicted octanol–water partition coefficient (Wildman–Crippen LogP) is 3.48. The summed E-state index contributed by atoms with van der Waals surface area (Å²) in [5.74, 6) is -2.75. The minimum Gasteiger partial charge on any atom is -0.478 e.